The molecule has 0 aliphatic rings. The SMILES string of the molecule is CCCCC(CC)COC(=O)C(C(=O)c1c(C(F)(F)F)cccc1C(F)(F)F)c1ccccc1. The Bertz CT molecular complexity index is 935. The molecule has 0 aliphatic heterocycles. The normalized spacial score (nSPS) is 13.9. The molecule has 3 nitrogen and oxygen atoms in total. The number of unbranched alkanes of at least 4 members (excludes halogenated alkanes) is 1. The van der Waals surface area contributed by atoms with Crippen LogP contribution in [0.3, 0.4) is 0 Å². The molecule has 0 aliphatic carbocycles. The van der Waals surface area contributed by atoms with Gasteiger partial charge in [0, 0.05) is 5.56 Å². The molecule has 34 heavy (non-hydrogen) atoms. The Labute approximate surface area is 194 Å². The van der Waals surface area contributed by atoms with Crippen molar-refractivity contribution in [3.05, 3.63) is 70.8 Å². The molecule has 0 aromatic heterocycles. The lowest BCUT2D eigenvalue weighted by molar-refractivity contribution is -0.147. The van der Waals surface area contributed by atoms with Crippen molar-refractivity contribution in [3.8, 4) is 0 Å². The van der Waals surface area contributed by atoms with Crippen molar-refractivity contribution in [1.29, 1.82) is 0 Å². The third kappa shape index (κ3) is 6.84. The fourth-order valence-corrected chi connectivity index (χ4v) is 3.66. The van der Waals surface area contributed by atoms with Gasteiger partial charge in [0.05, 0.1) is 17.7 Å². The van der Waals surface area contributed by atoms with Gasteiger partial charge in [0.15, 0.2) is 5.78 Å². The standard InChI is InChI=1S/C25H26F6O3/c1-3-5-10-16(4-2)15-34-23(33)20(17-11-7-6-8-12-17)22(32)21-18(24(26,27)28)13-9-14-19(21)25(29,30)31/h6-9,11-14,16,20H,3-5,10,15H2,1-2H3. The quantitative estimate of drug-likeness (QED) is 0.151. The van der Waals surface area contributed by atoms with Crippen LogP contribution in [0.15, 0.2) is 48.5 Å². The van der Waals surface area contributed by atoms with Crippen LogP contribution < -0.4 is 0 Å². The Hall–Kier alpha value is -2.84. The van der Waals surface area contributed by atoms with Gasteiger partial charge >= 0.3 is 18.3 Å². The number of carbonyl (C=O) groups excluding carboxylic acids is 2. The summed E-state index contributed by atoms with van der Waals surface area (Å²) >= 11 is 0. The highest BCUT2D eigenvalue weighted by Gasteiger charge is 2.45. The molecular formula is C25H26F6O3. The van der Waals surface area contributed by atoms with Gasteiger partial charge in [-0.2, -0.15) is 26.3 Å². The van der Waals surface area contributed by atoms with Gasteiger partial charge in [-0.3, -0.25) is 9.59 Å². The minimum Gasteiger partial charge on any atom is -0.465 e. The Morgan fingerprint density at radius 2 is 1.41 bits per heavy atom. The Kier molecular flexibility index (Phi) is 9.29. The summed E-state index contributed by atoms with van der Waals surface area (Å²) in [5.41, 5.74) is -5.15. The Morgan fingerprint density at radius 1 is 0.853 bits per heavy atom. The predicted molar refractivity (Wildman–Crippen MR) is 114 cm³/mol. The van der Waals surface area contributed by atoms with Crippen molar-refractivity contribution in [2.45, 2.75) is 57.8 Å². The number of benzene rings is 2. The molecular weight excluding hydrogens is 462 g/mol. The van der Waals surface area contributed by atoms with Crippen LogP contribution in [0.25, 0.3) is 0 Å². The first kappa shape index (κ1) is 27.4. The molecule has 2 atom stereocenters. The van der Waals surface area contributed by atoms with E-state index < -0.39 is 46.7 Å². The minimum atomic E-state index is -5.25. The average molecular weight is 488 g/mol. The van der Waals surface area contributed by atoms with Gasteiger partial charge < -0.3 is 4.74 Å². The van der Waals surface area contributed by atoms with Crippen molar-refractivity contribution in [2.24, 2.45) is 5.92 Å². The molecule has 2 aromatic carbocycles. The number of halogens is 6. The fourth-order valence-electron chi connectivity index (χ4n) is 3.66. The van der Waals surface area contributed by atoms with E-state index in [9.17, 15) is 35.9 Å². The molecule has 0 saturated carbocycles. The molecule has 0 N–H and O–H groups in total. The third-order valence-electron chi connectivity index (χ3n) is 5.56. The van der Waals surface area contributed by atoms with Crippen LogP contribution in [0.2, 0.25) is 0 Å². The summed E-state index contributed by atoms with van der Waals surface area (Å²) in [7, 11) is 0. The number of alkyl halides is 6. The first-order chi connectivity index (χ1) is 15.9. The molecule has 186 valence electrons. The molecule has 2 rings (SSSR count). The van der Waals surface area contributed by atoms with Crippen LogP contribution in [0, 0.1) is 5.92 Å². The lowest BCUT2D eigenvalue weighted by Gasteiger charge is -2.22. The Balaban J connectivity index is 2.55. The summed E-state index contributed by atoms with van der Waals surface area (Å²) in [6.07, 6.45) is -7.32. The van der Waals surface area contributed by atoms with Gasteiger partial charge in [-0.05, 0) is 30.0 Å². The van der Waals surface area contributed by atoms with Gasteiger partial charge in [-0.15, -0.1) is 0 Å². The molecule has 0 saturated heterocycles. The van der Waals surface area contributed by atoms with E-state index in [-0.39, 0.29) is 18.1 Å². The number of carbonyl (C=O) groups is 2. The molecule has 0 amide bonds. The van der Waals surface area contributed by atoms with E-state index in [0.29, 0.717) is 24.6 Å². The van der Waals surface area contributed by atoms with Crippen molar-refractivity contribution in [2.75, 3.05) is 6.61 Å². The Morgan fingerprint density at radius 3 is 1.88 bits per heavy atom. The fraction of sp³-hybridized carbons (Fsp3) is 0.440. The van der Waals surface area contributed by atoms with Gasteiger partial charge in [-0.1, -0.05) is 69.5 Å². The van der Waals surface area contributed by atoms with Gasteiger partial charge in [0.25, 0.3) is 0 Å². The van der Waals surface area contributed by atoms with Crippen molar-refractivity contribution in [1.82, 2.24) is 0 Å². The number of ether oxygens (including phenoxy) is 1. The molecule has 0 radical (unpaired) electrons. The summed E-state index contributed by atoms with van der Waals surface area (Å²) in [4.78, 5) is 26.3. The van der Waals surface area contributed by atoms with E-state index in [2.05, 4.69) is 0 Å². The van der Waals surface area contributed by atoms with E-state index in [0.717, 1.165) is 19.3 Å². The zero-order valence-electron chi connectivity index (χ0n) is 18.8. The maximum absolute atomic E-state index is 13.6. The molecule has 2 unspecified atom stereocenters. The van der Waals surface area contributed by atoms with Crippen molar-refractivity contribution < 1.29 is 40.7 Å². The largest absolute Gasteiger partial charge is 0.465 e. The summed E-state index contributed by atoms with van der Waals surface area (Å²) < 4.78 is 87.0. The lowest BCUT2D eigenvalue weighted by Crippen LogP contribution is -2.30. The van der Waals surface area contributed by atoms with E-state index in [4.69, 9.17) is 4.74 Å². The molecule has 0 fully saturated rings. The highest BCUT2D eigenvalue weighted by molar-refractivity contribution is 6.14. The van der Waals surface area contributed by atoms with E-state index in [1.807, 2.05) is 13.8 Å². The highest BCUT2D eigenvalue weighted by Crippen LogP contribution is 2.41. The summed E-state index contributed by atoms with van der Waals surface area (Å²) in [5.74, 6) is -4.81. The van der Waals surface area contributed by atoms with Crippen molar-refractivity contribution in [3.63, 3.8) is 0 Å². The van der Waals surface area contributed by atoms with Crippen LogP contribution >= 0.6 is 0 Å². The zero-order valence-corrected chi connectivity index (χ0v) is 18.8. The number of ketones is 1. The van der Waals surface area contributed by atoms with E-state index in [1.165, 1.54) is 24.3 Å². The van der Waals surface area contributed by atoms with Crippen molar-refractivity contribution >= 4 is 11.8 Å². The predicted octanol–water partition coefficient (Wildman–Crippen LogP) is 7.45. The van der Waals surface area contributed by atoms with E-state index >= 15 is 0 Å². The lowest BCUT2D eigenvalue weighted by atomic mass is 9.85. The first-order valence-corrected chi connectivity index (χ1v) is 10.9. The number of rotatable bonds is 10. The van der Waals surface area contributed by atoms with E-state index in [1.54, 1.807) is 6.07 Å². The first-order valence-electron chi connectivity index (χ1n) is 10.9. The third-order valence-corrected chi connectivity index (χ3v) is 5.56. The molecule has 2 aromatic rings. The smallest absolute Gasteiger partial charge is 0.417 e. The summed E-state index contributed by atoms with van der Waals surface area (Å²) in [5, 5.41) is 0. The number of hydrogen-bond acceptors (Lipinski definition) is 3. The maximum Gasteiger partial charge on any atom is 0.417 e. The van der Waals surface area contributed by atoms with Crippen LogP contribution in [0.5, 0.6) is 0 Å². The average Bonchev–Trinajstić information content (AvgIpc) is 2.78. The monoisotopic (exact) mass is 488 g/mol. The highest BCUT2D eigenvalue weighted by atomic mass is 19.4. The van der Waals surface area contributed by atoms with Crippen LogP contribution in [-0.2, 0) is 21.9 Å². The van der Waals surface area contributed by atoms with Gasteiger partial charge in [-0.25, -0.2) is 0 Å². The number of esters is 1. The molecule has 0 spiro atoms. The second-order valence-electron chi connectivity index (χ2n) is 7.98. The van der Waals surface area contributed by atoms with Crippen LogP contribution in [-0.4, -0.2) is 18.4 Å². The number of hydrogen-bond donors (Lipinski definition) is 0. The van der Waals surface area contributed by atoms with Gasteiger partial charge in [0.1, 0.15) is 5.92 Å². The second kappa shape index (κ2) is 11.5. The van der Waals surface area contributed by atoms with Gasteiger partial charge in [0.2, 0.25) is 0 Å². The van der Waals surface area contributed by atoms with Crippen LogP contribution in [0.1, 0.15) is 72.5 Å². The van der Waals surface area contributed by atoms with Crippen LogP contribution in [0.4, 0.5) is 26.3 Å². The number of Topliss-reactive ketones (excluding diaryl/α,β-unsaturated/α-hetero) is 1. The minimum absolute atomic E-state index is 0.0383. The zero-order chi connectivity index (χ0) is 25.5. The molecule has 9 heteroatoms. The second-order valence-corrected chi connectivity index (χ2v) is 7.98. The summed E-state index contributed by atoms with van der Waals surface area (Å²) in [6, 6.07) is 8.36. The topological polar surface area (TPSA) is 43.4 Å². The summed E-state index contributed by atoms with van der Waals surface area (Å²) in [6.45, 7) is 3.78. The molecule has 0 bridgehead atoms. The molecule has 0 heterocycles. The maximum atomic E-state index is 13.6.